The molecule has 0 fully saturated rings. The second kappa shape index (κ2) is 3.61. The first-order valence-electron chi connectivity index (χ1n) is 3.26. The van der Waals surface area contributed by atoms with Crippen molar-refractivity contribution >= 4 is 23.2 Å². The van der Waals surface area contributed by atoms with Gasteiger partial charge in [-0.3, -0.25) is 0 Å². The molecular weight excluding hydrogens is 171 g/mol. The Kier molecular flexibility index (Phi) is 3.02. The summed E-state index contributed by atoms with van der Waals surface area (Å²) in [6.45, 7) is 0. The van der Waals surface area contributed by atoms with Crippen molar-refractivity contribution in [3.63, 3.8) is 0 Å². The number of hydrogen-bond acceptors (Lipinski definition) is 1. The first-order valence-corrected chi connectivity index (χ1v) is 4.08. The third-order valence-corrected chi connectivity index (χ3v) is 2.62. The molecule has 0 aliphatic heterocycles. The normalized spacial score (nSPS) is 33.7. The van der Waals surface area contributed by atoms with Gasteiger partial charge in [0.15, 0.2) is 0 Å². The SMILES string of the molecule is COC1CC=C(Cl)C(Cl)C1. The highest BCUT2D eigenvalue weighted by atomic mass is 35.5. The molecule has 58 valence electrons. The lowest BCUT2D eigenvalue weighted by molar-refractivity contribution is 0.0957. The molecule has 1 rings (SSSR count). The van der Waals surface area contributed by atoms with Gasteiger partial charge in [0.1, 0.15) is 0 Å². The predicted octanol–water partition coefficient (Wildman–Crippen LogP) is 2.53. The molecule has 0 aromatic heterocycles. The smallest absolute Gasteiger partial charge is 0.0713 e. The summed E-state index contributed by atoms with van der Waals surface area (Å²) in [5, 5.41) is 0.718. The Labute approximate surface area is 71.0 Å². The Morgan fingerprint density at radius 2 is 2.40 bits per heavy atom. The zero-order valence-electron chi connectivity index (χ0n) is 5.81. The van der Waals surface area contributed by atoms with Gasteiger partial charge in [-0.2, -0.15) is 0 Å². The van der Waals surface area contributed by atoms with E-state index in [1.54, 1.807) is 7.11 Å². The monoisotopic (exact) mass is 180 g/mol. The molecule has 10 heavy (non-hydrogen) atoms. The second-order valence-corrected chi connectivity index (χ2v) is 3.35. The topological polar surface area (TPSA) is 9.23 Å². The quantitative estimate of drug-likeness (QED) is 0.564. The van der Waals surface area contributed by atoms with Gasteiger partial charge in [0, 0.05) is 12.1 Å². The van der Waals surface area contributed by atoms with E-state index >= 15 is 0 Å². The van der Waals surface area contributed by atoms with Crippen LogP contribution in [0, 0.1) is 0 Å². The van der Waals surface area contributed by atoms with Crippen molar-refractivity contribution in [1.82, 2.24) is 0 Å². The molecule has 3 heteroatoms. The molecule has 0 saturated carbocycles. The van der Waals surface area contributed by atoms with Crippen LogP contribution in [0.25, 0.3) is 0 Å². The number of alkyl halides is 1. The molecule has 0 radical (unpaired) electrons. The molecule has 0 amide bonds. The van der Waals surface area contributed by atoms with Crippen molar-refractivity contribution in [2.45, 2.75) is 24.3 Å². The predicted molar refractivity (Wildman–Crippen MR) is 43.6 cm³/mol. The van der Waals surface area contributed by atoms with Crippen LogP contribution < -0.4 is 0 Å². The fraction of sp³-hybridized carbons (Fsp3) is 0.714. The van der Waals surface area contributed by atoms with E-state index in [0.29, 0.717) is 0 Å². The number of halogens is 2. The fourth-order valence-corrected chi connectivity index (χ4v) is 1.47. The van der Waals surface area contributed by atoms with Crippen LogP contribution in [0.4, 0.5) is 0 Å². The Balaban J connectivity index is 2.51. The zero-order valence-corrected chi connectivity index (χ0v) is 7.32. The van der Waals surface area contributed by atoms with Crippen LogP contribution in [0.1, 0.15) is 12.8 Å². The molecule has 1 nitrogen and oxygen atoms in total. The molecule has 0 aromatic rings. The average molecular weight is 181 g/mol. The highest BCUT2D eigenvalue weighted by molar-refractivity contribution is 6.37. The summed E-state index contributed by atoms with van der Waals surface area (Å²) < 4.78 is 5.12. The Morgan fingerprint density at radius 1 is 1.70 bits per heavy atom. The van der Waals surface area contributed by atoms with Gasteiger partial charge in [0.25, 0.3) is 0 Å². The highest BCUT2D eigenvalue weighted by Crippen LogP contribution is 2.27. The van der Waals surface area contributed by atoms with Crippen LogP contribution >= 0.6 is 23.2 Å². The molecule has 2 unspecified atom stereocenters. The first kappa shape index (κ1) is 8.38. The van der Waals surface area contributed by atoms with Crippen LogP contribution in [-0.4, -0.2) is 18.6 Å². The maximum atomic E-state index is 5.86. The van der Waals surface area contributed by atoms with Crippen molar-refractivity contribution in [2.75, 3.05) is 7.11 Å². The van der Waals surface area contributed by atoms with Crippen molar-refractivity contribution in [3.05, 3.63) is 11.1 Å². The third-order valence-electron chi connectivity index (χ3n) is 1.68. The minimum Gasteiger partial charge on any atom is -0.381 e. The minimum absolute atomic E-state index is 0.0413. The van der Waals surface area contributed by atoms with Gasteiger partial charge in [-0.25, -0.2) is 0 Å². The van der Waals surface area contributed by atoms with E-state index in [1.807, 2.05) is 6.08 Å². The zero-order chi connectivity index (χ0) is 7.56. The number of allylic oxidation sites excluding steroid dienone is 1. The fourth-order valence-electron chi connectivity index (χ4n) is 1.00. The van der Waals surface area contributed by atoms with Crippen LogP contribution in [0.15, 0.2) is 11.1 Å². The number of rotatable bonds is 1. The van der Waals surface area contributed by atoms with Crippen LogP contribution in [0.5, 0.6) is 0 Å². The lowest BCUT2D eigenvalue weighted by atomic mass is 10.0. The van der Waals surface area contributed by atoms with Gasteiger partial charge in [-0.05, 0) is 12.8 Å². The Bertz CT molecular complexity index is 145. The molecule has 1 aliphatic rings. The van der Waals surface area contributed by atoms with Gasteiger partial charge >= 0.3 is 0 Å². The van der Waals surface area contributed by atoms with Crippen molar-refractivity contribution in [2.24, 2.45) is 0 Å². The molecular formula is C7H10Cl2O. The summed E-state index contributed by atoms with van der Waals surface area (Å²) in [7, 11) is 1.70. The summed E-state index contributed by atoms with van der Waals surface area (Å²) in [6, 6.07) is 0. The summed E-state index contributed by atoms with van der Waals surface area (Å²) in [6.07, 6.45) is 3.90. The summed E-state index contributed by atoms with van der Waals surface area (Å²) in [5.41, 5.74) is 0. The van der Waals surface area contributed by atoms with Gasteiger partial charge in [0.2, 0.25) is 0 Å². The van der Waals surface area contributed by atoms with E-state index in [0.717, 1.165) is 17.9 Å². The lowest BCUT2D eigenvalue weighted by Crippen LogP contribution is -2.20. The number of hydrogen-bond donors (Lipinski definition) is 0. The number of ether oxygens (including phenoxy) is 1. The van der Waals surface area contributed by atoms with Crippen LogP contribution in [0.3, 0.4) is 0 Å². The average Bonchev–Trinajstić information content (AvgIpc) is 1.95. The van der Waals surface area contributed by atoms with Crippen LogP contribution in [0.2, 0.25) is 0 Å². The molecule has 0 spiro atoms. The number of methoxy groups -OCH3 is 1. The summed E-state index contributed by atoms with van der Waals surface area (Å²) in [4.78, 5) is 0. The highest BCUT2D eigenvalue weighted by Gasteiger charge is 2.20. The van der Waals surface area contributed by atoms with E-state index in [-0.39, 0.29) is 11.5 Å². The van der Waals surface area contributed by atoms with Crippen LogP contribution in [-0.2, 0) is 4.74 Å². The maximum Gasteiger partial charge on any atom is 0.0713 e. The van der Waals surface area contributed by atoms with Gasteiger partial charge < -0.3 is 4.74 Å². The summed E-state index contributed by atoms with van der Waals surface area (Å²) >= 11 is 11.6. The molecule has 2 atom stereocenters. The van der Waals surface area contributed by atoms with E-state index < -0.39 is 0 Å². The van der Waals surface area contributed by atoms with Crippen molar-refractivity contribution in [3.8, 4) is 0 Å². The van der Waals surface area contributed by atoms with E-state index in [9.17, 15) is 0 Å². The molecule has 0 N–H and O–H groups in total. The molecule has 1 aliphatic carbocycles. The lowest BCUT2D eigenvalue weighted by Gasteiger charge is -2.21. The Morgan fingerprint density at radius 3 is 2.90 bits per heavy atom. The van der Waals surface area contributed by atoms with Crippen molar-refractivity contribution < 1.29 is 4.74 Å². The maximum absolute atomic E-state index is 5.86. The largest absolute Gasteiger partial charge is 0.381 e. The summed E-state index contributed by atoms with van der Waals surface area (Å²) in [5.74, 6) is 0. The first-order chi connectivity index (χ1) is 4.74. The Hall–Kier alpha value is 0.280. The third kappa shape index (κ3) is 1.88. The minimum atomic E-state index is -0.0413. The second-order valence-electron chi connectivity index (χ2n) is 2.39. The van der Waals surface area contributed by atoms with Crippen molar-refractivity contribution in [1.29, 1.82) is 0 Å². The molecule has 0 aromatic carbocycles. The van der Waals surface area contributed by atoms with Gasteiger partial charge in [-0.15, -0.1) is 11.6 Å². The molecule has 0 saturated heterocycles. The van der Waals surface area contributed by atoms with Gasteiger partial charge in [0.05, 0.1) is 11.5 Å². The molecule has 0 heterocycles. The van der Waals surface area contributed by atoms with E-state index in [1.165, 1.54) is 0 Å². The molecule has 0 bridgehead atoms. The van der Waals surface area contributed by atoms with Gasteiger partial charge in [-0.1, -0.05) is 17.7 Å². The van der Waals surface area contributed by atoms with E-state index in [4.69, 9.17) is 27.9 Å². The van der Waals surface area contributed by atoms with E-state index in [2.05, 4.69) is 0 Å². The standard InChI is InChI=1S/C7H10Cl2O/c1-10-5-2-3-6(8)7(9)4-5/h3,5,7H,2,4H2,1H3.